The van der Waals surface area contributed by atoms with Crippen LogP contribution in [-0.2, 0) is 23.8 Å². The number of rotatable bonds is 7. The molecule has 8 nitrogen and oxygen atoms in total. The van der Waals surface area contributed by atoms with E-state index in [1.54, 1.807) is 24.5 Å². The van der Waals surface area contributed by atoms with Crippen LogP contribution in [0.25, 0.3) is 0 Å². The average Bonchev–Trinajstić information content (AvgIpc) is 3.34. The molecule has 192 valence electrons. The molecule has 0 saturated heterocycles. The summed E-state index contributed by atoms with van der Waals surface area (Å²) in [5, 5.41) is 0. The Hall–Kier alpha value is -3.00. The van der Waals surface area contributed by atoms with Crippen LogP contribution in [0.3, 0.4) is 0 Å². The Balaban J connectivity index is 1.24. The number of ether oxygens (including phenoxy) is 5. The summed E-state index contributed by atoms with van der Waals surface area (Å²) in [7, 11) is 2.69. The minimum atomic E-state index is -0.653. The first-order valence-electron chi connectivity index (χ1n) is 12.9. The number of carbonyl (C=O) groups is 2. The molecule has 0 unspecified atom stereocenters. The van der Waals surface area contributed by atoms with Crippen molar-refractivity contribution in [1.29, 1.82) is 0 Å². The molecule has 0 aromatic heterocycles. The summed E-state index contributed by atoms with van der Waals surface area (Å²) in [5.41, 5.74) is 1.43. The molecule has 2 aliphatic heterocycles. The summed E-state index contributed by atoms with van der Waals surface area (Å²) in [6.45, 7) is 1.19. The van der Waals surface area contributed by atoms with Gasteiger partial charge >= 0.3 is 11.9 Å². The maximum atomic E-state index is 12.9. The van der Waals surface area contributed by atoms with Crippen molar-refractivity contribution in [3.05, 3.63) is 47.3 Å². The van der Waals surface area contributed by atoms with E-state index >= 15 is 0 Å². The van der Waals surface area contributed by atoms with Gasteiger partial charge in [0.05, 0.1) is 43.5 Å². The van der Waals surface area contributed by atoms with Gasteiger partial charge in [0.1, 0.15) is 0 Å². The fraction of sp³-hybridized carbons (Fsp3) is 0.571. The van der Waals surface area contributed by atoms with E-state index in [0.29, 0.717) is 35.8 Å². The topological polar surface area (TPSA) is 83.5 Å². The Kier molecular flexibility index (Phi) is 5.94. The van der Waals surface area contributed by atoms with E-state index in [2.05, 4.69) is 0 Å². The van der Waals surface area contributed by atoms with Gasteiger partial charge in [-0.05, 0) is 74.0 Å². The van der Waals surface area contributed by atoms with Gasteiger partial charge in [0, 0.05) is 18.9 Å². The van der Waals surface area contributed by atoms with Gasteiger partial charge in [-0.15, -0.1) is 0 Å². The lowest BCUT2D eigenvalue weighted by Gasteiger charge is -2.56. The largest absolute Gasteiger partial charge is 0.466 e. The van der Waals surface area contributed by atoms with Gasteiger partial charge in [-0.25, -0.2) is 9.59 Å². The van der Waals surface area contributed by atoms with Crippen molar-refractivity contribution < 1.29 is 33.3 Å². The number of hydrogen-bond acceptors (Lipinski definition) is 8. The van der Waals surface area contributed by atoms with Crippen LogP contribution in [0, 0.1) is 17.8 Å². The first kappa shape index (κ1) is 23.4. The van der Waals surface area contributed by atoms with Crippen molar-refractivity contribution in [2.75, 3.05) is 34.2 Å². The quantitative estimate of drug-likeness (QED) is 0.527. The van der Waals surface area contributed by atoms with E-state index in [1.165, 1.54) is 52.7 Å². The van der Waals surface area contributed by atoms with E-state index < -0.39 is 17.9 Å². The molecule has 8 heteroatoms. The Morgan fingerprint density at radius 1 is 0.917 bits per heavy atom. The van der Waals surface area contributed by atoms with Crippen LogP contribution < -0.4 is 9.47 Å². The maximum absolute atomic E-state index is 12.9. The average molecular weight is 496 g/mol. The molecule has 1 aromatic rings. The molecule has 0 amide bonds. The summed E-state index contributed by atoms with van der Waals surface area (Å²) in [4.78, 5) is 27.7. The molecular formula is C28H33NO7. The van der Waals surface area contributed by atoms with Crippen LogP contribution in [0.15, 0.2) is 41.7 Å². The standard InChI is InChI=1S/C28H33NO7/c1-32-26(30)21-14-29(5-6-36-28-11-17-7-18(12-28)9-19(8-17)13-28)15-22(27(31)33-2)25(21)20-3-4-23-24(10-20)35-16-34-23/h3-4,10,14-15,17-19,25H,5-9,11-13,16H2,1-2H3. The van der Waals surface area contributed by atoms with Gasteiger partial charge in [-0.2, -0.15) is 0 Å². The lowest BCUT2D eigenvalue weighted by atomic mass is 9.54. The van der Waals surface area contributed by atoms with Crippen LogP contribution in [0.2, 0.25) is 0 Å². The van der Waals surface area contributed by atoms with E-state index in [1.807, 2.05) is 11.0 Å². The van der Waals surface area contributed by atoms with Crippen LogP contribution in [-0.4, -0.2) is 56.6 Å². The Morgan fingerprint density at radius 2 is 1.50 bits per heavy atom. The molecule has 0 spiro atoms. The van der Waals surface area contributed by atoms with Crippen molar-refractivity contribution in [2.24, 2.45) is 17.8 Å². The summed E-state index contributed by atoms with van der Waals surface area (Å²) in [6.07, 6.45) is 11.1. The molecule has 7 rings (SSSR count). The Labute approximate surface area is 211 Å². The number of methoxy groups -OCH3 is 2. The lowest BCUT2D eigenvalue weighted by molar-refractivity contribution is -0.162. The first-order chi connectivity index (χ1) is 17.5. The molecule has 6 aliphatic rings. The van der Waals surface area contributed by atoms with Crippen LogP contribution in [0.1, 0.15) is 50.0 Å². The molecule has 0 atom stereocenters. The Morgan fingerprint density at radius 3 is 2.08 bits per heavy atom. The highest BCUT2D eigenvalue weighted by Gasteiger charge is 2.51. The zero-order valence-corrected chi connectivity index (χ0v) is 20.9. The van der Waals surface area contributed by atoms with Gasteiger partial charge in [-0.3, -0.25) is 0 Å². The predicted molar refractivity (Wildman–Crippen MR) is 129 cm³/mol. The molecule has 36 heavy (non-hydrogen) atoms. The van der Waals surface area contributed by atoms with Crippen molar-refractivity contribution >= 4 is 11.9 Å². The monoisotopic (exact) mass is 495 g/mol. The second-order valence-electron chi connectivity index (χ2n) is 10.9. The minimum absolute atomic E-state index is 0.00332. The fourth-order valence-corrected chi connectivity index (χ4v) is 7.44. The van der Waals surface area contributed by atoms with Crippen LogP contribution >= 0.6 is 0 Å². The van der Waals surface area contributed by atoms with E-state index in [4.69, 9.17) is 23.7 Å². The Bertz CT molecular complexity index is 1050. The van der Waals surface area contributed by atoms with Crippen LogP contribution in [0.4, 0.5) is 0 Å². The zero-order valence-electron chi connectivity index (χ0n) is 20.9. The molecule has 2 heterocycles. The van der Waals surface area contributed by atoms with Crippen molar-refractivity contribution in [3.8, 4) is 11.5 Å². The number of benzene rings is 1. The number of nitrogens with zero attached hydrogens (tertiary/aromatic N) is 1. The SMILES string of the molecule is COC(=O)C1=CN(CCOC23CC4CC(CC(C4)C2)C3)C=C(C(=O)OC)C1c1ccc2c(c1)OCO2. The molecule has 1 aromatic carbocycles. The van der Waals surface area contributed by atoms with Crippen LogP contribution in [0.5, 0.6) is 11.5 Å². The molecule has 0 N–H and O–H groups in total. The smallest absolute Gasteiger partial charge is 0.336 e. The fourth-order valence-electron chi connectivity index (χ4n) is 7.44. The van der Waals surface area contributed by atoms with E-state index in [0.717, 1.165) is 23.3 Å². The summed E-state index contributed by atoms with van der Waals surface area (Å²) < 4.78 is 27.8. The molecular weight excluding hydrogens is 462 g/mol. The number of fused-ring (bicyclic) bond motifs is 1. The third-order valence-electron chi connectivity index (χ3n) is 8.54. The summed E-state index contributed by atoms with van der Waals surface area (Å²) >= 11 is 0. The molecule has 4 bridgehead atoms. The zero-order chi connectivity index (χ0) is 24.9. The van der Waals surface area contributed by atoms with Gasteiger partial charge in [0.15, 0.2) is 11.5 Å². The highest BCUT2D eigenvalue weighted by Crippen LogP contribution is 2.57. The normalized spacial score (nSPS) is 30.2. The predicted octanol–water partition coefficient (Wildman–Crippen LogP) is 3.91. The third-order valence-corrected chi connectivity index (χ3v) is 8.54. The number of hydrogen-bond donors (Lipinski definition) is 0. The van der Waals surface area contributed by atoms with Gasteiger partial charge in [-0.1, -0.05) is 6.07 Å². The van der Waals surface area contributed by atoms with Gasteiger partial charge in [0.25, 0.3) is 0 Å². The minimum Gasteiger partial charge on any atom is -0.466 e. The second-order valence-corrected chi connectivity index (χ2v) is 10.9. The van der Waals surface area contributed by atoms with E-state index in [9.17, 15) is 9.59 Å². The van der Waals surface area contributed by atoms with Crippen molar-refractivity contribution in [3.63, 3.8) is 0 Å². The number of esters is 2. The number of carbonyl (C=O) groups excluding carboxylic acids is 2. The van der Waals surface area contributed by atoms with Gasteiger partial charge < -0.3 is 28.6 Å². The highest BCUT2D eigenvalue weighted by atomic mass is 16.7. The summed E-state index contributed by atoms with van der Waals surface area (Å²) in [6, 6.07) is 5.41. The molecule has 4 aliphatic carbocycles. The lowest BCUT2D eigenvalue weighted by Crippen LogP contribution is -2.52. The molecule has 0 radical (unpaired) electrons. The maximum Gasteiger partial charge on any atom is 0.336 e. The highest BCUT2D eigenvalue weighted by molar-refractivity contribution is 5.98. The third kappa shape index (κ3) is 4.15. The molecule has 4 fully saturated rings. The van der Waals surface area contributed by atoms with Crippen molar-refractivity contribution in [2.45, 2.75) is 50.0 Å². The molecule has 4 saturated carbocycles. The first-order valence-corrected chi connectivity index (χ1v) is 12.9. The van der Waals surface area contributed by atoms with E-state index in [-0.39, 0.29) is 12.4 Å². The second kappa shape index (κ2) is 9.14. The van der Waals surface area contributed by atoms with Crippen molar-refractivity contribution in [1.82, 2.24) is 4.90 Å². The summed E-state index contributed by atoms with van der Waals surface area (Å²) in [5.74, 6) is 1.98. The van der Waals surface area contributed by atoms with Gasteiger partial charge in [0.2, 0.25) is 6.79 Å².